The molecule has 18 heavy (non-hydrogen) atoms. The summed E-state index contributed by atoms with van der Waals surface area (Å²) in [6, 6.07) is 5.18. The van der Waals surface area contributed by atoms with Crippen molar-refractivity contribution in [1.29, 1.82) is 0 Å². The highest BCUT2D eigenvalue weighted by atomic mass is 79.9. The van der Waals surface area contributed by atoms with Crippen molar-refractivity contribution < 1.29 is 4.79 Å². The maximum absolute atomic E-state index is 12.1. The van der Waals surface area contributed by atoms with Crippen molar-refractivity contribution in [3.8, 4) is 0 Å². The molecule has 0 spiro atoms. The molecule has 1 N–H and O–H groups in total. The molecule has 1 aliphatic rings. The summed E-state index contributed by atoms with van der Waals surface area (Å²) in [6.45, 7) is 0. The highest BCUT2D eigenvalue weighted by Gasteiger charge is 2.28. The highest BCUT2D eigenvalue weighted by Crippen LogP contribution is 2.28. The van der Waals surface area contributed by atoms with E-state index in [1.165, 1.54) is 0 Å². The Hall–Kier alpha value is -0.250. The minimum Gasteiger partial charge on any atom is -0.349 e. The van der Waals surface area contributed by atoms with Crippen LogP contribution in [0.15, 0.2) is 18.2 Å². The van der Waals surface area contributed by atoms with E-state index in [4.69, 9.17) is 23.2 Å². The molecule has 2 nitrogen and oxygen atoms in total. The van der Waals surface area contributed by atoms with Crippen LogP contribution in [0.1, 0.15) is 29.6 Å². The van der Waals surface area contributed by atoms with E-state index in [0.717, 1.165) is 24.6 Å². The van der Waals surface area contributed by atoms with Gasteiger partial charge in [-0.15, -0.1) is 0 Å². The summed E-state index contributed by atoms with van der Waals surface area (Å²) >= 11 is 15.3. The average molecular weight is 351 g/mol. The van der Waals surface area contributed by atoms with E-state index in [9.17, 15) is 4.79 Å². The van der Waals surface area contributed by atoms with E-state index in [0.29, 0.717) is 21.5 Å². The molecule has 0 aromatic heterocycles. The van der Waals surface area contributed by atoms with Gasteiger partial charge in [0.2, 0.25) is 0 Å². The van der Waals surface area contributed by atoms with Gasteiger partial charge in [0.25, 0.3) is 5.91 Å². The smallest absolute Gasteiger partial charge is 0.253 e. The summed E-state index contributed by atoms with van der Waals surface area (Å²) in [5.74, 6) is 0.398. The van der Waals surface area contributed by atoms with Gasteiger partial charge in [-0.05, 0) is 37.0 Å². The third kappa shape index (κ3) is 3.19. The predicted molar refractivity (Wildman–Crippen MR) is 78.9 cm³/mol. The normalized spacial score (nSPS) is 23.1. The van der Waals surface area contributed by atoms with Gasteiger partial charge in [-0.2, -0.15) is 0 Å². The zero-order valence-corrected chi connectivity index (χ0v) is 12.9. The second-order valence-electron chi connectivity index (χ2n) is 4.55. The fourth-order valence-corrected chi connectivity index (χ4v) is 3.60. The van der Waals surface area contributed by atoms with Crippen molar-refractivity contribution in [1.82, 2.24) is 5.32 Å². The van der Waals surface area contributed by atoms with Gasteiger partial charge >= 0.3 is 0 Å². The lowest BCUT2D eigenvalue weighted by Crippen LogP contribution is -2.38. The number of nitrogens with one attached hydrogen (secondary N) is 1. The Labute approximate surface area is 125 Å². The first kappa shape index (κ1) is 14.2. The molecule has 0 bridgehead atoms. The van der Waals surface area contributed by atoms with E-state index in [1.807, 2.05) is 0 Å². The second kappa shape index (κ2) is 6.27. The summed E-state index contributed by atoms with van der Waals surface area (Å²) < 4.78 is 0. The summed E-state index contributed by atoms with van der Waals surface area (Å²) in [5.41, 5.74) is 0.487. The zero-order chi connectivity index (χ0) is 13.1. The van der Waals surface area contributed by atoms with Crippen LogP contribution in [0, 0.1) is 5.92 Å². The van der Waals surface area contributed by atoms with Gasteiger partial charge in [0.1, 0.15) is 0 Å². The maximum Gasteiger partial charge on any atom is 0.253 e. The number of halogens is 3. The number of carbonyl (C=O) groups is 1. The van der Waals surface area contributed by atoms with E-state index in [-0.39, 0.29) is 11.9 Å². The van der Waals surface area contributed by atoms with Gasteiger partial charge in [0, 0.05) is 16.4 Å². The quantitative estimate of drug-likeness (QED) is 0.809. The van der Waals surface area contributed by atoms with Crippen LogP contribution < -0.4 is 5.32 Å². The fraction of sp³-hybridized carbons (Fsp3) is 0.462. The maximum atomic E-state index is 12.1. The van der Waals surface area contributed by atoms with Gasteiger partial charge in [-0.3, -0.25) is 4.79 Å². The molecule has 98 valence electrons. The van der Waals surface area contributed by atoms with Crippen molar-refractivity contribution >= 4 is 45.0 Å². The van der Waals surface area contributed by atoms with Crippen LogP contribution in [-0.4, -0.2) is 17.3 Å². The lowest BCUT2D eigenvalue weighted by atomic mass is 10.1. The van der Waals surface area contributed by atoms with E-state index < -0.39 is 0 Å². The molecular weight excluding hydrogens is 337 g/mol. The lowest BCUT2D eigenvalue weighted by Gasteiger charge is -2.19. The molecule has 5 heteroatoms. The third-order valence-electron chi connectivity index (χ3n) is 3.35. The van der Waals surface area contributed by atoms with E-state index in [1.54, 1.807) is 18.2 Å². The Morgan fingerprint density at radius 2 is 2.17 bits per heavy atom. The Bertz CT molecular complexity index is 453. The third-order valence-corrected chi connectivity index (χ3v) is 4.73. The SMILES string of the molecule is O=C(NC1CCCC1CBr)c1ccc(Cl)cc1Cl. The van der Waals surface area contributed by atoms with Crippen molar-refractivity contribution in [3.05, 3.63) is 33.8 Å². The first-order valence-electron chi connectivity index (χ1n) is 5.93. The fourth-order valence-electron chi connectivity index (χ4n) is 2.33. The number of hydrogen-bond donors (Lipinski definition) is 1. The standard InChI is InChI=1S/C13H14BrCl2NO/c14-7-8-2-1-3-12(8)17-13(18)10-5-4-9(15)6-11(10)16/h4-6,8,12H,1-3,7H2,(H,17,18). The summed E-state index contributed by atoms with van der Waals surface area (Å²) in [5, 5.41) is 4.92. The van der Waals surface area contributed by atoms with E-state index >= 15 is 0 Å². The monoisotopic (exact) mass is 349 g/mol. The van der Waals surface area contributed by atoms with Crippen LogP contribution >= 0.6 is 39.1 Å². The lowest BCUT2D eigenvalue weighted by molar-refractivity contribution is 0.0930. The van der Waals surface area contributed by atoms with Gasteiger partial charge < -0.3 is 5.32 Å². The minimum atomic E-state index is -0.116. The zero-order valence-electron chi connectivity index (χ0n) is 9.76. The van der Waals surface area contributed by atoms with Crippen molar-refractivity contribution in [3.63, 3.8) is 0 Å². The number of alkyl halides is 1. The summed E-state index contributed by atoms with van der Waals surface area (Å²) in [4.78, 5) is 12.1. The molecular formula is C13H14BrCl2NO. The molecule has 1 aromatic rings. The Kier molecular flexibility index (Phi) is 4.93. The largest absolute Gasteiger partial charge is 0.349 e. The van der Waals surface area contributed by atoms with Gasteiger partial charge in [0.05, 0.1) is 10.6 Å². The van der Waals surface area contributed by atoms with Crippen molar-refractivity contribution in [2.45, 2.75) is 25.3 Å². The Morgan fingerprint density at radius 3 is 2.83 bits per heavy atom. The summed E-state index contributed by atoms with van der Waals surface area (Å²) in [6.07, 6.45) is 3.35. The van der Waals surface area contributed by atoms with Crippen LogP contribution in [0.4, 0.5) is 0 Å². The van der Waals surface area contributed by atoms with E-state index in [2.05, 4.69) is 21.2 Å². The molecule has 0 saturated heterocycles. The molecule has 0 heterocycles. The van der Waals surface area contributed by atoms with Crippen LogP contribution in [0.2, 0.25) is 10.0 Å². The van der Waals surface area contributed by atoms with Crippen LogP contribution in [-0.2, 0) is 0 Å². The van der Waals surface area contributed by atoms with Gasteiger partial charge in [-0.1, -0.05) is 45.6 Å². The molecule has 1 fully saturated rings. The van der Waals surface area contributed by atoms with Crippen LogP contribution in [0.25, 0.3) is 0 Å². The first-order chi connectivity index (χ1) is 8.61. The van der Waals surface area contributed by atoms with Gasteiger partial charge in [-0.25, -0.2) is 0 Å². The molecule has 0 radical (unpaired) electrons. The molecule has 2 atom stereocenters. The number of amides is 1. The number of rotatable bonds is 3. The molecule has 1 aromatic carbocycles. The van der Waals surface area contributed by atoms with Crippen molar-refractivity contribution in [2.75, 3.05) is 5.33 Å². The molecule has 0 aliphatic heterocycles. The predicted octanol–water partition coefficient (Wildman–Crippen LogP) is 4.29. The van der Waals surface area contributed by atoms with Crippen molar-refractivity contribution in [2.24, 2.45) is 5.92 Å². The topological polar surface area (TPSA) is 29.1 Å². The molecule has 1 amide bonds. The first-order valence-corrected chi connectivity index (χ1v) is 7.81. The number of carbonyl (C=O) groups excluding carboxylic acids is 1. The second-order valence-corrected chi connectivity index (χ2v) is 6.04. The van der Waals surface area contributed by atoms with Gasteiger partial charge in [0.15, 0.2) is 0 Å². The Morgan fingerprint density at radius 1 is 1.39 bits per heavy atom. The molecule has 1 saturated carbocycles. The molecule has 1 aliphatic carbocycles. The highest BCUT2D eigenvalue weighted by molar-refractivity contribution is 9.09. The average Bonchev–Trinajstić information content (AvgIpc) is 2.76. The summed E-state index contributed by atoms with van der Waals surface area (Å²) in [7, 11) is 0. The number of hydrogen-bond acceptors (Lipinski definition) is 1. The Balaban J connectivity index is 2.07. The minimum absolute atomic E-state index is 0.116. The van der Waals surface area contributed by atoms with Crippen LogP contribution in [0.3, 0.4) is 0 Å². The van der Waals surface area contributed by atoms with Crippen LogP contribution in [0.5, 0.6) is 0 Å². The number of benzene rings is 1. The molecule has 2 unspecified atom stereocenters. The molecule has 2 rings (SSSR count).